The lowest BCUT2D eigenvalue weighted by atomic mass is 10.1. The van der Waals surface area contributed by atoms with Crippen LogP contribution < -0.4 is 0 Å². The first-order chi connectivity index (χ1) is 33.0. The summed E-state index contributed by atoms with van der Waals surface area (Å²) in [5, 5.41) is 0. The molecule has 1 atom stereocenters. The van der Waals surface area contributed by atoms with Gasteiger partial charge in [-0.2, -0.15) is 0 Å². The molecule has 0 aromatic heterocycles. The number of rotatable bonds is 49. The van der Waals surface area contributed by atoms with Gasteiger partial charge in [0.05, 0.1) is 0 Å². The van der Waals surface area contributed by atoms with Crippen molar-refractivity contribution >= 4 is 17.9 Å². The number of unbranched alkanes of at least 4 members (excludes halogenated alkanes) is 22. The predicted octanol–water partition coefficient (Wildman–Crippen LogP) is 18.5. The summed E-state index contributed by atoms with van der Waals surface area (Å²) in [6.45, 7) is 6.34. The molecule has 67 heavy (non-hydrogen) atoms. The van der Waals surface area contributed by atoms with Gasteiger partial charge in [-0.05, 0) is 103 Å². The highest BCUT2D eigenvalue weighted by Crippen LogP contribution is 2.15. The van der Waals surface area contributed by atoms with E-state index < -0.39 is 6.10 Å². The summed E-state index contributed by atoms with van der Waals surface area (Å²) in [5.41, 5.74) is 0. The van der Waals surface area contributed by atoms with Crippen molar-refractivity contribution in [3.8, 4) is 0 Å². The van der Waals surface area contributed by atoms with Crippen LogP contribution in [0.3, 0.4) is 0 Å². The Hall–Kier alpha value is -3.67. The number of carbonyl (C=O) groups excluding carboxylic acids is 3. The fourth-order valence-corrected chi connectivity index (χ4v) is 7.46. The molecule has 0 rings (SSSR count). The van der Waals surface area contributed by atoms with E-state index in [0.29, 0.717) is 19.3 Å². The lowest BCUT2D eigenvalue weighted by Gasteiger charge is -2.18. The van der Waals surface area contributed by atoms with Crippen molar-refractivity contribution in [2.24, 2.45) is 0 Å². The van der Waals surface area contributed by atoms with E-state index in [4.69, 9.17) is 14.2 Å². The second-order valence-electron chi connectivity index (χ2n) is 18.1. The summed E-state index contributed by atoms with van der Waals surface area (Å²) in [5.74, 6) is -1.00. The first kappa shape index (κ1) is 63.3. The topological polar surface area (TPSA) is 78.9 Å². The lowest BCUT2D eigenvalue weighted by Crippen LogP contribution is -2.30. The highest BCUT2D eigenvalue weighted by molar-refractivity contribution is 5.71. The van der Waals surface area contributed by atoms with E-state index in [1.54, 1.807) is 0 Å². The average molecular weight is 931 g/mol. The normalized spacial score (nSPS) is 12.8. The van der Waals surface area contributed by atoms with Crippen molar-refractivity contribution in [3.05, 3.63) is 97.2 Å². The molecule has 0 spiro atoms. The smallest absolute Gasteiger partial charge is 0.306 e. The van der Waals surface area contributed by atoms with Gasteiger partial charge in [-0.15, -0.1) is 0 Å². The Morgan fingerprint density at radius 2 is 0.612 bits per heavy atom. The number of carbonyl (C=O) groups is 3. The highest BCUT2D eigenvalue weighted by Gasteiger charge is 2.19. The largest absolute Gasteiger partial charge is 0.462 e. The molecule has 0 heterocycles. The van der Waals surface area contributed by atoms with Gasteiger partial charge < -0.3 is 14.2 Å². The van der Waals surface area contributed by atoms with Crippen LogP contribution in [0.25, 0.3) is 0 Å². The molecule has 0 aliphatic carbocycles. The SMILES string of the molecule is CC/C=C\C/C=C\C/C=C\C/C=C\CCC(=O)OCC(COC(=O)CCCCCCCCCCC/C=C\CCCCCCCC)OC(=O)CCCCCCCCC/C=C\C/C=C\C/C=C\CC. The standard InChI is InChI=1S/C61H102O6/c1-4-7-10-13-16-19-22-25-27-29-30-32-33-36-39-42-45-48-51-54-60(63)66-57-58(56-65-59(62)53-50-47-44-41-38-35-24-21-18-15-12-9-6-3)67-61(64)55-52-49-46-43-40-37-34-31-28-26-23-20-17-14-11-8-5-2/h8-9,11-12,17-18,20-21,25-28,35,38,44,47,58H,4-7,10,13-16,19,22-24,29-34,36-37,39-43,45-46,48-57H2,1-3H3/b11-8-,12-9-,20-17-,21-18-,27-25-,28-26-,38-35-,47-44-. The van der Waals surface area contributed by atoms with E-state index in [2.05, 4.69) is 112 Å². The van der Waals surface area contributed by atoms with Crippen LogP contribution in [0, 0.1) is 0 Å². The Morgan fingerprint density at radius 3 is 1.01 bits per heavy atom. The summed E-state index contributed by atoms with van der Waals surface area (Å²) in [7, 11) is 0. The van der Waals surface area contributed by atoms with Crippen LogP contribution in [0.2, 0.25) is 0 Å². The van der Waals surface area contributed by atoms with E-state index in [0.717, 1.165) is 89.9 Å². The molecule has 0 radical (unpaired) electrons. The zero-order chi connectivity index (χ0) is 48.6. The van der Waals surface area contributed by atoms with Crippen molar-refractivity contribution < 1.29 is 28.6 Å². The summed E-state index contributed by atoms with van der Waals surface area (Å²) < 4.78 is 16.8. The third kappa shape index (κ3) is 53.2. The van der Waals surface area contributed by atoms with E-state index >= 15 is 0 Å². The Kier molecular flexibility index (Phi) is 51.9. The maximum Gasteiger partial charge on any atom is 0.306 e. The molecule has 0 N–H and O–H groups in total. The van der Waals surface area contributed by atoms with Crippen LogP contribution in [0.4, 0.5) is 0 Å². The Balaban J connectivity index is 4.44. The third-order valence-corrected chi connectivity index (χ3v) is 11.6. The minimum Gasteiger partial charge on any atom is -0.462 e. The minimum absolute atomic E-state index is 0.105. The average Bonchev–Trinajstić information content (AvgIpc) is 3.33. The van der Waals surface area contributed by atoms with E-state index in [1.807, 2.05) is 6.08 Å². The maximum atomic E-state index is 12.8. The van der Waals surface area contributed by atoms with Gasteiger partial charge >= 0.3 is 17.9 Å². The van der Waals surface area contributed by atoms with Gasteiger partial charge in [-0.3, -0.25) is 14.4 Å². The number of hydrogen-bond acceptors (Lipinski definition) is 6. The number of allylic oxidation sites excluding steroid dienone is 16. The number of esters is 3. The van der Waals surface area contributed by atoms with Crippen molar-refractivity contribution in [2.75, 3.05) is 13.2 Å². The van der Waals surface area contributed by atoms with Crippen molar-refractivity contribution in [3.63, 3.8) is 0 Å². The van der Waals surface area contributed by atoms with E-state index in [9.17, 15) is 14.4 Å². The van der Waals surface area contributed by atoms with Crippen LogP contribution in [-0.4, -0.2) is 37.2 Å². The second-order valence-corrected chi connectivity index (χ2v) is 18.1. The first-order valence-electron chi connectivity index (χ1n) is 27.7. The Bertz CT molecular complexity index is 1350. The van der Waals surface area contributed by atoms with Crippen LogP contribution >= 0.6 is 0 Å². The molecule has 0 saturated heterocycles. The molecule has 6 heteroatoms. The summed E-state index contributed by atoms with van der Waals surface area (Å²) in [6, 6.07) is 0. The summed E-state index contributed by atoms with van der Waals surface area (Å²) >= 11 is 0. The molecule has 6 nitrogen and oxygen atoms in total. The molecule has 0 bridgehead atoms. The molecule has 0 fully saturated rings. The second kappa shape index (κ2) is 54.9. The molecule has 0 aromatic carbocycles. The molecule has 382 valence electrons. The molecule has 0 aromatic rings. The van der Waals surface area contributed by atoms with Gasteiger partial charge in [0, 0.05) is 19.3 Å². The molecular formula is C61H102O6. The van der Waals surface area contributed by atoms with Gasteiger partial charge in [-0.25, -0.2) is 0 Å². The number of ether oxygens (including phenoxy) is 3. The van der Waals surface area contributed by atoms with Gasteiger partial charge in [-0.1, -0.05) is 227 Å². The quantitative estimate of drug-likeness (QED) is 0.0262. The van der Waals surface area contributed by atoms with Crippen LogP contribution in [-0.2, 0) is 28.6 Å². The lowest BCUT2D eigenvalue weighted by molar-refractivity contribution is -0.166. The molecule has 0 aliphatic heterocycles. The molecule has 0 saturated carbocycles. The monoisotopic (exact) mass is 931 g/mol. The number of hydrogen-bond donors (Lipinski definition) is 0. The van der Waals surface area contributed by atoms with Gasteiger partial charge in [0.2, 0.25) is 0 Å². The molecule has 0 amide bonds. The van der Waals surface area contributed by atoms with E-state index in [-0.39, 0.29) is 37.5 Å². The highest BCUT2D eigenvalue weighted by atomic mass is 16.6. The van der Waals surface area contributed by atoms with Crippen molar-refractivity contribution in [2.45, 2.75) is 258 Å². The van der Waals surface area contributed by atoms with Crippen LogP contribution in [0.15, 0.2) is 97.2 Å². The zero-order valence-corrected chi connectivity index (χ0v) is 43.6. The molecule has 0 aliphatic rings. The van der Waals surface area contributed by atoms with Gasteiger partial charge in [0.15, 0.2) is 6.10 Å². The van der Waals surface area contributed by atoms with Crippen molar-refractivity contribution in [1.29, 1.82) is 0 Å². The van der Waals surface area contributed by atoms with Gasteiger partial charge in [0.1, 0.15) is 13.2 Å². The first-order valence-corrected chi connectivity index (χ1v) is 27.7. The van der Waals surface area contributed by atoms with Crippen LogP contribution in [0.5, 0.6) is 0 Å². The fraction of sp³-hybridized carbons (Fsp3) is 0.689. The fourth-order valence-electron chi connectivity index (χ4n) is 7.46. The minimum atomic E-state index is -0.813. The summed E-state index contributed by atoms with van der Waals surface area (Å²) in [6.07, 6.45) is 72.7. The Morgan fingerprint density at radius 1 is 0.313 bits per heavy atom. The predicted molar refractivity (Wildman–Crippen MR) is 288 cm³/mol. The third-order valence-electron chi connectivity index (χ3n) is 11.6. The van der Waals surface area contributed by atoms with Gasteiger partial charge in [0.25, 0.3) is 0 Å². The Labute approximate surface area is 413 Å². The van der Waals surface area contributed by atoms with Crippen LogP contribution in [0.1, 0.15) is 252 Å². The molecule has 1 unspecified atom stereocenters. The van der Waals surface area contributed by atoms with Crippen molar-refractivity contribution in [1.82, 2.24) is 0 Å². The molecular weight excluding hydrogens is 829 g/mol. The zero-order valence-electron chi connectivity index (χ0n) is 43.6. The maximum absolute atomic E-state index is 12.8. The van der Waals surface area contributed by atoms with E-state index in [1.165, 1.54) is 116 Å². The summed E-state index contributed by atoms with van der Waals surface area (Å²) in [4.78, 5) is 38.1.